The zero-order chi connectivity index (χ0) is 20.4. The molecule has 0 amide bonds. The van der Waals surface area contributed by atoms with Gasteiger partial charge < -0.3 is 0 Å². The molecular formula is C22H30O5Se. The van der Waals surface area contributed by atoms with Crippen LogP contribution in [-0.2, 0) is 23.9 Å². The van der Waals surface area contributed by atoms with Crippen molar-refractivity contribution in [1.29, 1.82) is 0 Å². The summed E-state index contributed by atoms with van der Waals surface area (Å²) in [6.07, 6.45) is 7.08. The number of esters is 2. The van der Waals surface area contributed by atoms with Gasteiger partial charge in [-0.05, 0) is 0 Å². The Morgan fingerprint density at radius 2 is 1.93 bits per heavy atom. The summed E-state index contributed by atoms with van der Waals surface area (Å²) < 4.78 is 11.6. The van der Waals surface area contributed by atoms with Crippen molar-refractivity contribution in [3.05, 3.63) is 30.3 Å². The molecule has 1 aliphatic carbocycles. The van der Waals surface area contributed by atoms with E-state index in [-0.39, 0.29) is 49.7 Å². The fraction of sp³-hybridized carbons (Fsp3) is 0.591. The molecule has 0 radical (unpaired) electrons. The molecule has 1 aromatic carbocycles. The topological polar surface area (TPSA) is 69.7 Å². The Kier molecular flexibility index (Phi) is 9.72. The van der Waals surface area contributed by atoms with E-state index in [2.05, 4.69) is 12.1 Å². The van der Waals surface area contributed by atoms with Crippen LogP contribution in [0.2, 0.25) is 4.82 Å². The number of hydrogen-bond acceptors (Lipinski definition) is 5. The van der Waals surface area contributed by atoms with Gasteiger partial charge in [0.05, 0.1) is 0 Å². The standard InChI is InChI=1S/C22H30O5Se/c1-16(24)27-20-14-13-17(15-23)19(20)11-7-4-8-12-21(22(25)26-2)28-18-9-5-3-6-10-18/h3,5-6,9-10,15,17,19-21H,4,7-8,11-14H2,1-2H3/t17-,19-,20+,21?/m1/s1. The molecule has 0 saturated heterocycles. The van der Waals surface area contributed by atoms with Crippen molar-refractivity contribution in [2.24, 2.45) is 11.8 Å². The molecule has 28 heavy (non-hydrogen) atoms. The van der Waals surface area contributed by atoms with Gasteiger partial charge >= 0.3 is 174 Å². The maximum atomic E-state index is 12.1. The van der Waals surface area contributed by atoms with Crippen LogP contribution in [0.15, 0.2) is 30.3 Å². The number of rotatable bonds is 11. The first kappa shape index (κ1) is 22.6. The first-order valence-corrected chi connectivity index (χ1v) is 11.8. The molecule has 0 bridgehead atoms. The predicted molar refractivity (Wildman–Crippen MR) is 109 cm³/mol. The normalized spacial score (nSPS) is 22.4. The van der Waals surface area contributed by atoms with Crippen LogP contribution in [-0.4, -0.2) is 46.4 Å². The van der Waals surface area contributed by atoms with Crippen molar-refractivity contribution < 1.29 is 23.9 Å². The van der Waals surface area contributed by atoms with Gasteiger partial charge in [-0.1, -0.05) is 0 Å². The quantitative estimate of drug-likeness (QED) is 0.223. The van der Waals surface area contributed by atoms with Crippen molar-refractivity contribution in [3.8, 4) is 0 Å². The average Bonchev–Trinajstić information content (AvgIpc) is 3.07. The van der Waals surface area contributed by atoms with E-state index in [1.54, 1.807) is 0 Å². The number of unbranched alkanes of at least 4 members (excludes halogenated alkanes) is 2. The second-order valence-corrected chi connectivity index (χ2v) is 9.95. The van der Waals surface area contributed by atoms with Gasteiger partial charge in [-0.3, -0.25) is 0 Å². The second kappa shape index (κ2) is 12.0. The number of methoxy groups -OCH3 is 1. The molecule has 1 unspecified atom stereocenters. The number of ether oxygens (including phenoxy) is 2. The third kappa shape index (κ3) is 7.06. The van der Waals surface area contributed by atoms with E-state index in [4.69, 9.17) is 9.47 Å². The van der Waals surface area contributed by atoms with E-state index in [0.29, 0.717) is 0 Å². The molecule has 5 nitrogen and oxygen atoms in total. The van der Waals surface area contributed by atoms with Gasteiger partial charge in [0.1, 0.15) is 0 Å². The molecule has 1 aliphatic rings. The number of carbonyl (C=O) groups is 3. The van der Waals surface area contributed by atoms with Gasteiger partial charge in [-0.2, -0.15) is 0 Å². The van der Waals surface area contributed by atoms with Crippen LogP contribution in [0.25, 0.3) is 0 Å². The molecular weight excluding hydrogens is 423 g/mol. The zero-order valence-electron chi connectivity index (χ0n) is 16.7. The molecule has 6 heteroatoms. The van der Waals surface area contributed by atoms with Crippen LogP contribution in [0.3, 0.4) is 0 Å². The van der Waals surface area contributed by atoms with E-state index >= 15 is 0 Å². The Hall–Kier alpha value is -1.65. The summed E-state index contributed by atoms with van der Waals surface area (Å²) in [4.78, 5) is 34.7. The average molecular weight is 453 g/mol. The summed E-state index contributed by atoms with van der Waals surface area (Å²) in [6, 6.07) is 10.1. The van der Waals surface area contributed by atoms with Crippen LogP contribution in [0.4, 0.5) is 0 Å². The number of benzene rings is 1. The van der Waals surface area contributed by atoms with Crippen molar-refractivity contribution >= 4 is 37.6 Å². The molecule has 1 fully saturated rings. The molecule has 0 aliphatic heterocycles. The molecule has 1 saturated carbocycles. The van der Waals surface area contributed by atoms with Crippen LogP contribution >= 0.6 is 0 Å². The summed E-state index contributed by atoms with van der Waals surface area (Å²) in [5.41, 5.74) is 0. The van der Waals surface area contributed by atoms with Gasteiger partial charge in [0.2, 0.25) is 0 Å². The number of hydrogen-bond donors (Lipinski definition) is 0. The van der Waals surface area contributed by atoms with Crippen molar-refractivity contribution in [2.75, 3.05) is 7.11 Å². The molecule has 0 heterocycles. The summed E-state index contributed by atoms with van der Waals surface area (Å²) in [5.74, 6) is -0.277. The van der Waals surface area contributed by atoms with Crippen LogP contribution < -0.4 is 4.46 Å². The monoisotopic (exact) mass is 454 g/mol. The summed E-state index contributed by atoms with van der Waals surface area (Å²) in [5, 5.41) is 0. The van der Waals surface area contributed by atoms with E-state index in [0.717, 1.165) is 51.2 Å². The SMILES string of the molecule is COC(=O)C(CCCCC[C@H]1[C@@H](OC(C)=O)CC[C@@H]1C=O)[Se]c1ccccc1. The Labute approximate surface area is 173 Å². The van der Waals surface area contributed by atoms with Gasteiger partial charge in [-0.15, -0.1) is 0 Å². The molecule has 1 aromatic rings. The Balaban J connectivity index is 1.78. The van der Waals surface area contributed by atoms with Crippen LogP contribution in [0.5, 0.6) is 0 Å². The fourth-order valence-electron chi connectivity index (χ4n) is 3.90. The Morgan fingerprint density at radius 1 is 1.18 bits per heavy atom. The second-order valence-electron chi connectivity index (χ2n) is 7.27. The first-order chi connectivity index (χ1) is 13.5. The minimum absolute atomic E-state index is 0.00594. The van der Waals surface area contributed by atoms with Gasteiger partial charge in [0.15, 0.2) is 0 Å². The maximum absolute atomic E-state index is 12.1. The third-order valence-corrected chi connectivity index (χ3v) is 7.93. The van der Waals surface area contributed by atoms with Gasteiger partial charge in [0, 0.05) is 0 Å². The van der Waals surface area contributed by atoms with Gasteiger partial charge in [-0.25, -0.2) is 0 Å². The molecule has 0 aromatic heterocycles. The fourth-order valence-corrected chi connectivity index (χ4v) is 6.24. The summed E-state index contributed by atoms with van der Waals surface area (Å²) >= 11 is 0.0584. The number of aldehydes is 1. The van der Waals surface area contributed by atoms with E-state index < -0.39 is 0 Å². The van der Waals surface area contributed by atoms with Crippen LogP contribution in [0, 0.1) is 11.8 Å². The Bertz CT molecular complexity index is 633. The van der Waals surface area contributed by atoms with Crippen molar-refractivity contribution in [3.63, 3.8) is 0 Å². The van der Waals surface area contributed by atoms with E-state index in [1.165, 1.54) is 18.5 Å². The zero-order valence-corrected chi connectivity index (χ0v) is 18.4. The minimum atomic E-state index is -0.273. The van der Waals surface area contributed by atoms with E-state index in [1.807, 2.05) is 18.2 Å². The molecule has 4 atom stereocenters. The predicted octanol–water partition coefficient (Wildman–Crippen LogP) is 3.08. The molecule has 0 spiro atoms. The molecule has 2 rings (SSSR count). The van der Waals surface area contributed by atoms with Gasteiger partial charge in [0.25, 0.3) is 0 Å². The Morgan fingerprint density at radius 3 is 2.57 bits per heavy atom. The third-order valence-electron chi connectivity index (χ3n) is 5.29. The van der Waals surface area contributed by atoms with E-state index in [9.17, 15) is 14.4 Å². The van der Waals surface area contributed by atoms with Crippen molar-refractivity contribution in [1.82, 2.24) is 0 Å². The molecule has 154 valence electrons. The summed E-state index contributed by atoms with van der Waals surface area (Å²) in [6.45, 7) is 1.42. The molecule has 0 N–H and O–H groups in total. The van der Waals surface area contributed by atoms with Crippen LogP contribution in [0.1, 0.15) is 51.9 Å². The summed E-state index contributed by atoms with van der Waals surface area (Å²) in [7, 11) is 1.45. The first-order valence-electron chi connectivity index (χ1n) is 9.97. The number of carbonyl (C=O) groups excluding carboxylic acids is 3. The van der Waals surface area contributed by atoms with Crippen molar-refractivity contribution in [2.45, 2.75) is 62.8 Å².